The summed E-state index contributed by atoms with van der Waals surface area (Å²) in [6.07, 6.45) is -0.663. The Morgan fingerprint density at radius 1 is 1.38 bits per heavy atom. The summed E-state index contributed by atoms with van der Waals surface area (Å²) in [6.45, 7) is -0.00532. The van der Waals surface area contributed by atoms with Gasteiger partial charge in [-0.15, -0.1) is 0 Å². The molecule has 114 valence electrons. The van der Waals surface area contributed by atoms with Crippen LogP contribution in [0.25, 0.3) is 0 Å². The average Bonchev–Trinajstić information content (AvgIpc) is 2.91. The number of benzene rings is 1. The summed E-state index contributed by atoms with van der Waals surface area (Å²) >= 11 is 0. The van der Waals surface area contributed by atoms with E-state index in [9.17, 15) is 19.8 Å². The Labute approximate surface area is 122 Å². The van der Waals surface area contributed by atoms with E-state index in [-0.39, 0.29) is 25.6 Å². The number of amides is 1. The van der Waals surface area contributed by atoms with Crippen LogP contribution >= 0.6 is 0 Å². The highest BCUT2D eigenvalue weighted by Crippen LogP contribution is 2.21. The smallest absolute Gasteiger partial charge is 0.326 e. The van der Waals surface area contributed by atoms with Gasteiger partial charge in [-0.2, -0.15) is 0 Å². The molecule has 1 amide bonds. The minimum Gasteiger partial charge on any atom is -0.480 e. The zero-order valence-corrected chi connectivity index (χ0v) is 11.5. The molecule has 1 heterocycles. The minimum atomic E-state index is -1.06. The summed E-state index contributed by atoms with van der Waals surface area (Å²) < 4.78 is 0. The number of nitrogens with zero attached hydrogens (tertiary/aromatic N) is 1. The minimum absolute atomic E-state index is 0.219. The molecule has 7 heteroatoms. The predicted octanol–water partition coefficient (Wildman–Crippen LogP) is -0.720. The first-order chi connectivity index (χ1) is 10.0. The van der Waals surface area contributed by atoms with Gasteiger partial charge in [0.05, 0.1) is 6.54 Å². The summed E-state index contributed by atoms with van der Waals surface area (Å²) in [7, 11) is 0. The second-order valence-corrected chi connectivity index (χ2v) is 5.02. The number of nitrogens with one attached hydrogen (secondary N) is 1. The van der Waals surface area contributed by atoms with Crippen molar-refractivity contribution in [2.75, 3.05) is 13.1 Å². The van der Waals surface area contributed by atoms with Crippen LogP contribution in [0.2, 0.25) is 0 Å². The van der Waals surface area contributed by atoms with Gasteiger partial charge in [0.25, 0.3) is 0 Å². The van der Waals surface area contributed by atoms with Crippen molar-refractivity contribution in [1.29, 1.82) is 0 Å². The zero-order chi connectivity index (χ0) is 15.4. The SMILES string of the molecule is NCC(=O)N1C[C@H](NC(O)c2ccccc2)C[C@H]1C(=O)O. The highest BCUT2D eigenvalue weighted by molar-refractivity contribution is 5.85. The fourth-order valence-electron chi connectivity index (χ4n) is 2.54. The molecular weight excluding hydrogens is 274 g/mol. The first kappa shape index (κ1) is 15.4. The maximum Gasteiger partial charge on any atom is 0.326 e. The van der Waals surface area contributed by atoms with Crippen molar-refractivity contribution >= 4 is 11.9 Å². The van der Waals surface area contributed by atoms with Crippen molar-refractivity contribution in [3.8, 4) is 0 Å². The monoisotopic (exact) mass is 293 g/mol. The van der Waals surface area contributed by atoms with E-state index in [0.717, 1.165) is 0 Å². The Morgan fingerprint density at radius 2 is 2.05 bits per heavy atom. The van der Waals surface area contributed by atoms with E-state index in [2.05, 4.69) is 5.32 Å². The Kier molecular flexibility index (Phi) is 4.89. The van der Waals surface area contributed by atoms with Gasteiger partial charge in [0, 0.05) is 12.6 Å². The number of carboxylic acid groups (broad SMARTS) is 1. The summed E-state index contributed by atoms with van der Waals surface area (Å²) in [4.78, 5) is 24.1. The zero-order valence-electron chi connectivity index (χ0n) is 11.5. The van der Waals surface area contributed by atoms with Crippen molar-refractivity contribution in [2.45, 2.75) is 24.7 Å². The van der Waals surface area contributed by atoms with Gasteiger partial charge in [0.15, 0.2) is 0 Å². The second-order valence-electron chi connectivity index (χ2n) is 5.02. The summed E-state index contributed by atoms with van der Waals surface area (Å²) in [6, 6.07) is 7.79. The number of rotatable bonds is 5. The lowest BCUT2D eigenvalue weighted by Crippen LogP contribution is -2.44. The number of aliphatic hydroxyl groups excluding tert-OH is 1. The van der Waals surface area contributed by atoms with Crippen LogP contribution in [0.15, 0.2) is 30.3 Å². The lowest BCUT2D eigenvalue weighted by Gasteiger charge is -2.21. The third-order valence-electron chi connectivity index (χ3n) is 3.59. The Bertz CT molecular complexity index is 508. The fourth-order valence-corrected chi connectivity index (χ4v) is 2.54. The Balaban J connectivity index is 2.02. The Morgan fingerprint density at radius 3 is 2.62 bits per heavy atom. The molecule has 5 N–H and O–H groups in total. The molecule has 1 aromatic rings. The molecule has 0 radical (unpaired) electrons. The lowest BCUT2D eigenvalue weighted by atomic mass is 10.1. The van der Waals surface area contributed by atoms with E-state index in [1.165, 1.54) is 4.90 Å². The van der Waals surface area contributed by atoms with Crippen molar-refractivity contribution in [3.05, 3.63) is 35.9 Å². The molecule has 0 saturated carbocycles. The highest BCUT2D eigenvalue weighted by Gasteiger charge is 2.39. The van der Waals surface area contributed by atoms with E-state index >= 15 is 0 Å². The van der Waals surface area contributed by atoms with Gasteiger partial charge >= 0.3 is 5.97 Å². The molecule has 0 bridgehead atoms. The number of aliphatic carboxylic acids is 1. The van der Waals surface area contributed by atoms with E-state index in [0.29, 0.717) is 5.56 Å². The number of carbonyl (C=O) groups is 2. The Hall–Kier alpha value is -1.96. The average molecular weight is 293 g/mol. The molecule has 0 aliphatic carbocycles. The van der Waals surface area contributed by atoms with E-state index in [1.807, 2.05) is 6.07 Å². The number of carbonyl (C=O) groups excluding carboxylic acids is 1. The van der Waals surface area contributed by atoms with Crippen LogP contribution in [0.1, 0.15) is 18.2 Å². The number of hydrogen-bond acceptors (Lipinski definition) is 5. The fraction of sp³-hybridized carbons (Fsp3) is 0.429. The molecule has 1 aromatic carbocycles. The van der Waals surface area contributed by atoms with E-state index in [1.54, 1.807) is 24.3 Å². The van der Waals surface area contributed by atoms with Gasteiger partial charge < -0.3 is 20.8 Å². The maximum atomic E-state index is 11.7. The lowest BCUT2D eigenvalue weighted by molar-refractivity contribution is -0.147. The molecule has 1 aliphatic rings. The highest BCUT2D eigenvalue weighted by atomic mass is 16.4. The molecule has 0 aromatic heterocycles. The summed E-state index contributed by atoms with van der Waals surface area (Å²) in [5.41, 5.74) is 5.99. The molecule has 1 fully saturated rings. The van der Waals surface area contributed by atoms with Gasteiger partial charge in [-0.25, -0.2) is 4.79 Å². The first-order valence-electron chi connectivity index (χ1n) is 6.74. The molecule has 21 heavy (non-hydrogen) atoms. The second kappa shape index (κ2) is 6.66. The molecule has 1 saturated heterocycles. The molecule has 2 rings (SSSR count). The van der Waals surface area contributed by atoms with Crippen molar-refractivity contribution in [3.63, 3.8) is 0 Å². The quantitative estimate of drug-likeness (QED) is 0.532. The summed E-state index contributed by atoms with van der Waals surface area (Å²) in [5, 5.41) is 22.2. The number of hydrogen-bond donors (Lipinski definition) is 4. The normalized spacial score (nSPS) is 23.0. The van der Waals surface area contributed by atoms with E-state index < -0.39 is 24.1 Å². The maximum absolute atomic E-state index is 11.7. The van der Waals surface area contributed by atoms with Gasteiger partial charge in [0.1, 0.15) is 12.3 Å². The molecule has 7 nitrogen and oxygen atoms in total. The first-order valence-corrected chi connectivity index (χ1v) is 6.74. The predicted molar refractivity (Wildman–Crippen MR) is 75.1 cm³/mol. The number of aliphatic hydroxyl groups is 1. The van der Waals surface area contributed by atoms with Crippen LogP contribution in [0.5, 0.6) is 0 Å². The standard InChI is InChI=1S/C14H19N3O4/c15-7-12(18)17-8-10(6-11(17)14(20)21)16-13(19)9-4-2-1-3-5-9/h1-5,10-11,13,16,19H,6-8,15H2,(H,20,21)/t10-,11+,13?/m1/s1. The van der Waals surface area contributed by atoms with Gasteiger partial charge in [0.2, 0.25) is 5.91 Å². The van der Waals surface area contributed by atoms with Gasteiger partial charge in [-0.05, 0) is 12.0 Å². The van der Waals surface area contributed by atoms with Crippen molar-refractivity contribution in [1.82, 2.24) is 10.2 Å². The molecule has 3 atom stereocenters. The summed E-state index contributed by atoms with van der Waals surface area (Å²) in [5.74, 6) is -1.46. The number of carboxylic acids is 1. The molecule has 1 unspecified atom stereocenters. The van der Waals surface area contributed by atoms with Crippen molar-refractivity contribution < 1.29 is 19.8 Å². The number of likely N-dealkylation sites (tertiary alicyclic amines) is 1. The largest absolute Gasteiger partial charge is 0.480 e. The van der Waals surface area contributed by atoms with Crippen LogP contribution in [0, 0.1) is 0 Å². The van der Waals surface area contributed by atoms with Crippen LogP contribution in [0.4, 0.5) is 0 Å². The molecule has 0 spiro atoms. The van der Waals surface area contributed by atoms with E-state index in [4.69, 9.17) is 5.73 Å². The van der Waals surface area contributed by atoms with Crippen LogP contribution in [0.3, 0.4) is 0 Å². The third-order valence-corrected chi connectivity index (χ3v) is 3.59. The third kappa shape index (κ3) is 3.57. The molecule has 1 aliphatic heterocycles. The van der Waals surface area contributed by atoms with Crippen LogP contribution in [-0.2, 0) is 9.59 Å². The van der Waals surface area contributed by atoms with Crippen molar-refractivity contribution in [2.24, 2.45) is 5.73 Å². The van der Waals surface area contributed by atoms with Crippen LogP contribution in [-0.4, -0.2) is 52.2 Å². The van der Waals surface area contributed by atoms with Crippen LogP contribution < -0.4 is 11.1 Å². The topological polar surface area (TPSA) is 116 Å². The molecular formula is C14H19N3O4. The number of nitrogens with two attached hydrogens (primary N) is 1. The van der Waals surface area contributed by atoms with Gasteiger partial charge in [-0.1, -0.05) is 30.3 Å². The van der Waals surface area contributed by atoms with Gasteiger partial charge in [-0.3, -0.25) is 10.1 Å².